The van der Waals surface area contributed by atoms with Crippen molar-refractivity contribution < 1.29 is 19.4 Å². The molecule has 5 heteroatoms. The zero-order chi connectivity index (χ0) is 17.5. The fourth-order valence-corrected chi connectivity index (χ4v) is 6.16. The van der Waals surface area contributed by atoms with Gasteiger partial charge in [-0.25, -0.2) is 0 Å². The van der Waals surface area contributed by atoms with Crippen LogP contribution in [-0.2, 0) is 14.3 Å². The average molecular weight is 371 g/mol. The van der Waals surface area contributed by atoms with Gasteiger partial charge in [-0.15, -0.1) is 0 Å². The van der Waals surface area contributed by atoms with Crippen molar-refractivity contribution in [3.05, 3.63) is 0 Å². The monoisotopic (exact) mass is 370 g/mol. The topological polar surface area (TPSA) is 55.8 Å². The van der Waals surface area contributed by atoms with E-state index in [2.05, 4.69) is 0 Å². The summed E-state index contributed by atoms with van der Waals surface area (Å²) in [4.78, 5) is 10.5. The maximum Gasteiger partial charge on any atom is 0.303 e. The predicted octanol–water partition coefficient (Wildman–Crippen LogP) is 4.37. The Morgan fingerprint density at radius 1 is 1.08 bits per heavy atom. The minimum Gasteiger partial charge on any atom is -0.481 e. The number of aliphatic carboxylic acids is 1. The number of ether oxygens (including phenoxy) is 2. The quantitative estimate of drug-likeness (QED) is 0.517. The summed E-state index contributed by atoms with van der Waals surface area (Å²) in [6, 6.07) is 0. The van der Waals surface area contributed by atoms with Crippen LogP contribution in [0.1, 0.15) is 64.2 Å². The van der Waals surface area contributed by atoms with Crippen molar-refractivity contribution in [2.75, 3.05) is 24.7 Å². The number of carboxylic acids is 1. The van der Waals surface area contributed by atoms with Gasteiger partial charge < -0.3 is 14.6 Å². The molecule has 4 atom stereocenters. The number of hydrogen-bond acceptors (Lipinski definition) is 4. The van der Waals surface area contributed by atoms with E-state index in [-0.39, 0.29) is 0 Å². The number of hydrogen-bond donors (Lipinski definition) is 1. The summed E-state index contributed by atoms with van der Waals surface area (Å²) < 4.78 is 12.2. The molecule has 0 aromatic carbocycles. The highest BCUT2D eigenvalue weighted by Crippen LogP contribution is 2.46. The van der Waals surface area contributed by atoms with Gasteiger partial charge in [-0.1, -0.05) is 12.8 Å². The Morgan fingerprint density at radius 2 is 1.84 bits per heavy atom. The SMILES string of the molecule is O=C(O)CCCCSC[C@H]1[C@@H](CCOCC2CCCC2)[C@H]2CC[C@@H]1O2. The number of rotatable bonds is 12. The summed E-state index contributed by atoms with van der Waals surface area (Å²) in [6.07, 6.45) is 12.2. The van der Waals surface area contributed by atoms with Crippen LogP contribution in [0, 0.1) is 17.8 Å². The lowest BCUT2D eigenvalue weighted by atomic mass is 9.79. The minimum atomic E-state index is -0.677. The molecule has 1 N–H and O–H groups in total. The van der Waals surface area contributed by atoms with Crippen molar-refractivity contribution in [2.24, 2.45) is 17.8 Å². The lowest BCUT2D eigenvalue weighted by molar-refractivity contribution is -0.137. The van der Waals surface area contributed by atoms with E-state index in [4.69, 9.17) is 14.6 Å². The van der Waals surface area contributed by atoms with Crippen LogP contribution in [-0.4, -0.2) is 48.0 Å². The van der Waals surface area contributed by atoms with Crippen LogP contribution in [0.3, 0.4) is 0 Å². The summed E-state index contributed by atoms with van der Waals surface area (Å²) in [5.41, 5.74) is 0. The summed E-state index contributed by atoms with van der Waals surface area (Å²) in [5.74, 6) is 3.73. The smallest absolute Gasteiger partial charge is 0.303 e. The molecule has 0 amide bonds. The number of unbranched alkanes of at least 4 members (excludes halogenated alkanes) is 1. The van der Waals surface area contributed by atoms with Gasteiger partial charge in [0.05, 0.1) is 12.2 Å². The molecule has 144 valence electrons. The molecule has 0 unspecified atom stereocenters. The van der Waals surface area contributed by atoms with Crippen LogP contribution in [0.15, 0.2) is 0 Å². The average Bonchev–Trinajstić information content (AvgIpc) is 3.32. The van der Waals surface area contributed by atoms with Crippen LogP contribution < -0.4 is 0 Å². The summed E-state index contributed by atoms with van der Waals surface area (Å²) in [5, 5.41) is 8.69. The van der Waals surface area contributed by atoms with Gasteiger partial charge in [-0.3, -0.25) is 4.79 Å². The molecular formula is C20H34O4S. The third kappa shape index (κ3) is 5.86. The summed E-state index contributed by atoms with van der Waals surface area (Å²) in [6.45, 7) is 1.86. The lowest BCUT2D eigenvalue weighted by Gasteiger charge is -2.28. The first-order valence-electron chi connectivity index (χ1n) is 10.3. The van der Waals surface area contributed by atoms with Gasteiger partial charge in [-0.05, 0) is 74.2 Å². The third-order valence-electron chi connectivity index (χ3n) is 6.25. The molecule has 0 aromatic rings. The van der Waals surface area contributed by atoms with Crippen molar-refractivity contribution in [1.29, 1.82) is 0 Å². The van der Waals surface area contributed by atoms with E-state index in [0.717, 1.165) is 44.1 Å². The molecule has 3 aliphatic rings. The minimum absolute atomic E-state index is 0.304. The number of thioether (sulfide) groups is 1. The van der Waals surface area contributed by atoms with E-state index in [9.17, 15) is 4.79 Å². The maximum absolute atomic E-state index is 10.5. The largest absolute Gasteiger partial charge is 0.481 e. The van der Waals surface area contributed by atoms with Gasteiger partial charge in [0.2, 0.25) is 0 Å². The lowest BCUT2D eigenvalue weighted by Crippen LogP contribution is -2.30. The zero-order valence-corrected chi connectivity index (χ0v) is 16.2. The Kier molecular flexibility index (Phi) is 7.93. The molecule has 0 spiro atoms. The van der Waals surface area contributed by atoms with Crippen molar-refractivity contribution >= 4 is 17.7 Å². The first-order valence-corrected chi connectivity index (χ1v) is 11.4. The standard InChI is InChI=1S/C20H34O4S/c21-20(22)7-3-4-12-25-14-17-16(18-8-9-19(17)24-18)10-11-23-13-15-5-1-2-6-15/h15-19H,1-14H2,(H,21,22)/t16-,17+,18-,19+/m1/s1. The first-order chi connectivity index (χ1) is 12.2. The van der Waals surface area contributed by atoms with Gasteiger partial charge in [0, 0.05) is 19.6 Å². The van der Waals surface area contributed by atoms with Gasteiger partial charge in [0.15, 0.2) is 0 Å². The van der Waals surface area contributed by atoms with E-state index >= 15 is 0 Å². The normalized spacial score (nSPS) is 31.8. The maximum atomic E-state index is 10.5. The summed E-state index contributed by atoms with van der Waals surface area (Å²) in [7, 11) is 0. The van der Waals surface area contributed by atoms with Crippen LogP contribution in [0.4, 0.5) is 0 Å². The van der Waals surface area contributed by atoms with Crippen molar-refractivity contribution in [3.63, 3.8) is 0 Å². The Hall–Kier alpha value is -0.260. The summed E-state index contributed by atoms with van der Waals surface area (Å²) >= 11 is 1.99. The Balaban J connectivity index is 1.31. The zero-order valence-electron chi connectivity index (χ0n) is 15.4. The van der Waals surface area contributed by atoms with E-state index < -0.39 is 5.97 Å². The highest BCUT2D eigenvalue weighted by Gasteiger charge is 2.48. The molecule has 1 aliphatic carbocycles. The van der Waals surface area contributed by atoms with Crippen LogP contribution in [0.2, 0.25) is 0 Å². The molecule has 2 saturated heterocycles. The van der Waals surface area contributed by atoms with Crippen LogP contribution in [0.5, 0.6) is 0 Å². The Labute approximate surface area is 156 Å². The number of carbonyl (C=O) groups is 1. The van der Waals surface area contributed by atoms with Gasteiger partial charge in [0.1, 0.15) is 0 Å². The molecule has 2 bridgehead atoms. The molecule has 2 heterocycles. The van der Waals surface area contributed by atoms with Gasteiger partial charge in [-0.2, -0.15) is 11.8 Å². The van der Waals surface area contributed by atoms with Gasteiger partial charge >= 0.3 is 5.97 Å². The number of carboxylic acid groups (broad SMARTS) is 1. The first kappa shape index (κ1) is 19.5. The van der Waals surface area contributed by atoms with Gasteiger partial charge in [0.25, 0.3) is 0 Å². The fraction of sp³-hybridized carbons (Fsp3) is 0.950. The molecule has 3 rings (SSSR count). The Morgan fingerprint density at radius 3 is 2.60 bits per heavy atom. The molecule has 3 fully saturated rings. The van der Waals surface area contributed by atoms with E-state index in [1.54, 1.807) is 0 Å². The third-order valence-corrected chi connectivity index (χ3v) is 7.45. The number of fused-ring (bicyclic) bond motifs is 2. The second kappa shape index (κ2) is 10.2. The van der Waals surface area contributed by atoms with E-state index in [0.29, 0.717) is 30.5 Å². The van der Waals surface area contributed by atoms with E-state index in [1.807, 2.05) is 11.8 Å². The van der Waals surface area contributed by atoms with Crippen LogP contribution in [0.25, 0.3) is 0 Å². The molecular weight excluding hydrogens is 336 g/mol. The molecule has 0 aromatic heterocycles. The molecule has 4 nitrogen and oxygen atoms in total. The second-order valence-corrected chi connectivity index (χ2v) is 9.21. The Bertz CT molecular complexity index is 411. The fourth-order valence-electron chi connectivity index (χ4n) is 4.85. The van der Waals surface area contributed by atoms with Crippen LogP contribution >= 0.6 is 11.8 Å². The highest BCUT2D eigenvalue weighted by molar-refractivity contribution is 7.99. The van der Waals surface area contributed by atoms with E-state index in [1.165, 1.54) is 44.3 Å². The van der Waals surface area contributed by atoms with Crippen molar-refractivity contribution in [1.82, 2.24) is 0 Å². The van der Waals surface area contributed by atoms with Crippen molar-refractivity contribution in [2.45, 2.75) is 76.4 Å². The molecule has 2 aliphatic heterocycles. The molecule has 0 radical (unpaired) electrons. The second-order valence-electron chi connectivity index (χ2n) is 8.06. The molecule has 1 saturated carbocycles. The predicted molar refractivity (Wildman–Crippen MR) is 101 cm³/mol. The molecule has 25 heavy (non-hydrogen) atoms. The van der Waals surface area contributed by atoms with Crippen molar-refractivity contribution in [3.8, 4) is 0 Å². The highest BCUT2D eigenvalue weighted by atomic mass is 32.2.